The van der Waals surface area contributed by atoms with Crippen LogP contribution in [0.15, 0.2) is 12.1 Å². The summed E-state index contributed by atoms with van der Waals surface area (Å²) >= 11 is 12.0. The predicted molar refractivity (Wildman–Crippen MR) is 81.3 cm³/mol. The number of benzene rings is 1. The zero-order chi connectivity index (χ0) is 15.1. The third-order valence-electron chi connectivity index (χ3n) is 2.69. The van der Waals surface area contributed by atoms with Gasteiger partial charge in [-0.1, -0.05) is 23.2 Å². The minimum absolute atomic E-state index is 0.125. The zero-order valence-electron chi connectivity index (χ0n) is 11.1. The van der Waals surface area contributed by atoms with Crippen molar-refractivity contribution in [1.29, 1.82) is 0 Å². The Labute approximate surface area is 127 Å². The minimum Gasteiger partial charge on any atom is -0.352 e. The molecule has 0 aliphatic heterocycles. The van der Waals surface area contributed by atoms with Crippen molar-refractivity contribution in [1.82, 2.24) is 5.32 Å². The molecule has 1 rings (SSSR count). The molecule has 20 heavy (non-hydrogen) atoms. The molecular weight excluding hydrogens is 301 g/mol. The summed E-state index contributed by atoms with van der Waals surface area (Å²) in [4.78, 5) is 22.1. The van der Waals surface area contributed by atoms with Crippen molar-refractivity contribution in [2.24, 2.45) is 5.73 Å². The SMILES string of the molecule is Cc1c(Cl)cc(NC(=O)CCCCNC(N)=O)cc1Cl. The van der Waals surface area contributed by atoms with Gasteiger partial charge in [0.2, 0.25) is 5.91 Å². The van der Waals surface area contributed by atoms with Gasteiger partial charge in [0.25, 0.3) is 0 Å². The fourth-order valence-electron chi connectivity index (χ4n) is 1.56. The van der Waals surface area contributed by atoms with E-state index in [1.807, 2.05) is 6.92 Å². The van der Waals surface area contributed by atoms with E-state index in [-0.39, 0.29) is 5.91 Å². The van der Waals surface area contributed by atoms with Crippen molar-refractivity contribution in [2.75, 3.05) is 11.9 Å². The molecule has 1 aromatic carbocycles. The number of unbranched alkanes of at least 4 members (excludes halogenated alkanes) is 1. The summed E-state index contributed by atoms with van der Waals surface area (Å²) in [6.45, 7) is 2.27. The van der Waals surface area contributed by atoms with Gasteiger partial charge < -0.3 is 16.4 Å². The first-order valence-corrected chi connectivity index (χ1v) is 6.94. The molecule has 0 heterocycles. The lowest BCUT2D eigenvalue weighted by molar-refractivity contribution is -0.116. The number of halogens is 2. The molecule has 1 aromatic rings. The lowest BCUT2D eigenvalue weighted by Crippen LogP contribution is -2.30. The first kappa shape index (κ1) is 16.6. The van der Waals surface area contributed by atoms with Crippen LogP contribution in [0.5, 0.6) is 0 Å². The Hall–Kier alpha value is -1.46. The number of rotatable bonds is 6. The summed E-state index contributed by atoms with van der Waals surface area (Å²) in [7, 11) is 0. The van der Waals surface area contributed by atoms with E-state index < -0.39 is 6.03 Å². The van der Waals surface area contributed by atoms with E-state index >= 15 is 0 Å². The maximum absolute atomic E-state index is 11.7. The zero-order valence-corrected chi connectivity index (χ0v) is 12.6. The normalized spacial score (nSPS) is 10.2. The van der Waals surface area contributed by atoms with Crippen LogP contribution in [-0.4, -0.2) is 18.5 Å². The third-order valence-corrected chi connectivity index (χ3v) is 3.48. The molecule has 0 aromatic heterocycles. The topological polar surface area (TPSA) is 84.2 Å². The number of urea groups is 1. The van der Waals surface area contributed by atoms with Gasteiger partial charge in [0.15, 0.2) is 0 Å². The molecule has 0 fully saturated rings. The van der Waals surface area contributed by atoms with Crippen molar-refractivity contribution in [3.05, 3.63) is 27.7 Å². The van der Waals surface area contributed by atoms with Gasteiger partial charge in [-0.2, -0.15) is 0 Å². The van der Waals surface area contributed by atoms with E-state index in [1.54, 1.807) is 12.1 Å². The van der Waals surface area contributed by atoms with Crippen LogP contribution < -0.4 is 16.4 Å². The van der Waals surface area contributed by atoms with Gasteiger partial charge in [-0.3, -0.25) is 4.79 Å². The highest BCUT2D eigenvalue weighted by molar-refractivity contribution is 6.36. The summed E-state index contributed by atoms with van der Waals surface area (Å²) < 4.78 is 0. The summed E-state index contributed by atoms with van der Waals surface area (Å²) in [5.41, 5.74) is 6.28. The molecule has 0 saturated carbocycles. The quantitative estimate of drug-likeness (QED) is 0.704. The molecule has 110 valence electrons. The van der Waals surface area contributed by atoms with Crippen LogP contribution in [0.4, 0.5) is 10.5 Å². The Morgan fingerprint density at radius 2 is 1.80 bits per heavy atom. The van der Waals surface area contributed by atoms with Crippen molar-refractivity contribution >= 4 is 40.8 Å². The maximum atomic E-state index is 11.7. The highest BCUT2D eigenvalue weighted by Gasteiger charge is 2.07. The standard InChI is InChI=1S/C13H17Cl2N3O2/c1-8-10(14)6-9(7-11(8)15)18-12(19)4-2-3-5-17-13(16)20/h6-7H,2-5H2,1H3,(H,18,19)(H3,16,17,20). The van der Waals surface area contributed by atoms with E-state index in [0.717, 1.165) is 5.56 Å². The molecule has 4 N–H and O–H groups in total. The Balaban J connectivity index is 2.37. The number of anilines is 1. The Morgan fingerprint density at radius 1 is 1.20 bits per heavy atom. The van der Waals surface area contributed by atoms with Crippen LogP contribution in [0.2, 0.25) is 10.0 Å². The number of carbonyl (C=O) groups excluding carboxylic acids is 2. The number of nitrogens with two attached hydrogens (primary N) is 1. The van der Waals surface area contributed by atoms with Crippen LogP contribution in [0.3, 0.4) is 0 Å². The molecule has 5 nitrogen and oxygen atoms in total. The van der Waals surface area contributed by atoms with Crippen molar-refractivity contribution < 1.29 is 9.59 Å². The second-order valence-corrected chi connectivity index (χ2v) is 5.18. The van der Waals surface area contributed by atoms with E-state index in [1.165, 1.54) is 0 Å². The van der Waals surface area contributed by atoms with Crippen molar-refractivity contribution in [3.8, 4) is 0 Å². The number of primary amides is 1. The Kier molecular flexibility index (Phi) is 6.61. The van der Waals surface area contributed by atoms with Crippen LogP contribution in [0.1, 0.15) is 24.8 Å². The summed E-state index contributed by atoms with van der Waals surface area (Å²) in [5.74, 6) is -0.125. The number of nitrogens with one attached hydrogen (secondary N) is 2. The van der Waals surface area contributed by atoms with Crippen LogP contribution in [-0.2, 0) is 4.79 Å². The number of hydrogen-bond donors (Lipinski definition) is 3. The lowest BCUT2D eigenvalue weighted by Gasteiger charge is -2.08. The molecule has 3 amide bonds. The fourth-order valence-corrected chi connectivity index (χ4v) is 2.05. The molecule has 0 aliphatic carbocycles. The van der Waals surface area contributed by atoms with Crippen LogP contribution in [0.25, 0.3) is 0 Å². The molecule has 0 radical (unpaired) electrons. The molecule has 0 aliphatic rings. The number of carbonyl (C=O) groups is 2. The van der Waals surface area contributed by atoms with Gasteiger partial charge in [0.05, 0.1) is 0 Å². The van der Waals surface area contributed by atoms with Gasteiger partial charge >= 0.3 is 6.03 Å². The maximum Gasteiger partial charge on any atom is 0.312 e. The Morgan fingerprint density at radius 3 is 2.35 bits per heavy atom. The van der Waals surface area contributed by atoms with E-state index in [4.69, 9.17) is 28.9 Å². The molecule has 0 unspecified atom stereocenters. The number of hydrogen-bond acceptors (Lipinski definition) is 2. The monoisotopic (exact) mass is 317 g/mol. The summed E-state index contributed by atoms with van der Waals surface area (Å²) in [6.07, 6.45) is 1.69. The third kappa shape index (κ3) is 5.67. The van der Waals surface area contributed by atoms with Crippen LogP contribution >= 0.6 is 23.2 Å². The lowest BCUT2D eigenvalue weighted by atomic mass is 10.2. The average Bonchev–Trinajstić information content (AvgIpc) is 2.35. The molecule has 0 bridgehead atoms. The second-order valence-electron chi connectivity index (χ2n) is 4.36. The highest BCUT2D eigenvalue weighted by Crippen LogP contribution is 2.28. The van der Waals surface area contributed by atoms with Gasteiger partial charge in [-0.25, -0.2) is 4.79 Å². The van der Waals surface area contributed by atoms with Crippen molar-refractivity contribution in [3.63, 3.8) is 0 Å². The van der Waals surface area contributed by atoms with Gasteiger partial charge in [0, 0.05) is 28.7 Å². The number of amides is 3. The van der Waals surface area contributed by atoms with E-state index in [2.05, 4.69) is 10.6 Å². The first-order valence-electron chi connectivity index (χ1n) is 6.19. The fraction of sp³-hybridized carbons (Fsp3) is 0.385. The molecule has 7 heteroatoms. The van der Waals surface area contributed by atoms with Crippen molar-refractivity contribution in [2.45, 2.75) is 26.2 Å². The largest absolute Gasteiger partial charge is 0.352 e. The molecule has 0 spiro atoms. The van der Waals surface area contributed by atoms with E-state index in [0.29, 0.717) is 41.5 Å². The van der Waals surface area contributed by atoms with Gasteiger partial charge in [-0.15, -0.1) is 0 Å². The van der Waals surface area contributed by atoms with Crippen LogP contribution in [0, 0.1) is 6.92 Å². The smallest absolute Gasteiger partial charge is 0.312 e. The average molecular weight is 318 g/mol. The molecule has 0 saturated heterocycles. The molecule has 0 atom stereocenters. The summed E-state index contributed by atoms with van der Waals surface area (Å²) in [6, 6.07) is 2.77. The highest BCUT2D eigenvalue weighted by atomic mass is 35.5. The molecular formula is C13H17Cl2N3O2. The van der Waals surface area contributed by atoms with E-state index in [9.17, 15) is 9.59 Å². The first-order chi connectivity index (χ1) is 9.40. The van der Waals surface area contributed by atoms with Gasteiger partial charge in [0.1, 0.15) is 0 Å². The Bertz CT molecular complexity index is 483. The second kappa shape index (κ2) is 7.97. The minimum atomic E-state index is -0.557. The van der Waals surface area contributed by atoms with Gasteiger partial charge in [-0.05, 0) is 37.5 Å². The predicted octanol–water partition coefficient (Wildman–Crippen LogP) is 3.08. The summed E-state index contributed by atoms with van der Waals surface area (Å²) in [5, 5.41) is 6.22.